The first-order chi connectivity index (χ1) is 9.37. The molecule has 1 saturated heterocycles. The van der Waals surface area contributed by atoms with Crippen LogP contribution in [0.1, 0.15) is 24.8 Å². The smallest absolute Gasteiger partial charge is 0.324 e. The van der Waals surface area contributed by atoms with Crippen LogP contribution in [-0.4, -0.2) is 38.4 Å². The summed E-state index contributed by atoms with van der Waals surface area (Å²) in [6, 6.07) is 0.924. The van der Waals surface area contributed by atoms with Crippen LogP contribution < -0.4 is 0 Å². The molecule has 0 saturated carbocycles. The van der Waals surface area contributed by atoms with Crippen molar-refractivity contribution in [1.29, 1.82) is 0 Å². The third-order valence-corrected chi connectivity index (χ3v) is 7.82. The summed E-state index contributed by atoms with van der Waals surface area (Å²) in [5.41, 5.74) is 0.875. The first-order valence-corrected chi connectivity index (χ1v) is 9.28. The van der Waals surface area contributed by atoms with Crippen LogP contribution in [0, 0.1) is 6.92 Å². The highest BCUT2D eigenvalue weighted by Gasteiger charge is 2.39. The molecular weight excluding hydrogens is 366 g/mol. The van der Waals surface area contributed by atoms with Gasteiger partial charge in [0.25, 0.3) is 10.0 Å². The molecule has 1 aliphatic rings. The van der Waals surface area contributed by atoms with Gasteiger partial charge in [0.1, 0.15) is 10.3 Å². The normalized spacial score (nSPS) is 20.9. The van der Waals surface area contributed by atoms with Gasteiger partial charge in [0.2, 0.25) is 0 Å². The largest absolute Gasteiger partial charge is 0.468 e. The molecular formula is C12H16BrNO4S2. The van der Waals surface area contributed by atoms with Crippen molar-refractivity contribution in [3.63, 3.8) is 0 Å². The van der Waals surface area contributed by atoms with Crippen LogP contribution in [0.3, 0.4) is 0 Å². The van der Waals surface area contributed by atoms with Crippen molar-refractivity contribution in [3.05, 3.63) is 15.4 Å². The minimum atomic E-state index is -3.65. The fraction of sp³-hybridized carbons (Fsp3) is 0.583. The maximum Gasteiger partial charge on any atom is 0.324 e. The van der Waals surface area contributed by atoms with Gasteiger partial charge in [-0.25, -0.2) is 8.42 Å². The molecule has 2 rings (SSSR count). The second-order valence-electron chi connectivity index (χ2n) is 4.67. The van der Waals surface area contributed by atoms with E-state index in [4.69, 9.17) is 4.74 Å². The second-order valence-corrected chi connectivity index (χ2v) is 9.16. The summed E-state index contributed by atoms with van der Waals surface area (Å²) in [5, 5.41) is 0. The van der Waals surface area contributed by atoms with Gasteiger partial charge in [-0.15, -0.1) is 11.3 Å². The molecule has 0 amide bonds. The number of thiophene rings is 1. The molecule has 0 N–H and O–H groups in total. The van der Waals surface area contributed by atoms with E-state index in [0.717, 1.165) is 22.2 Å². The van der Waals surface area contributed by atoms with E-state index < -0.39 is 22.0 Å². The highest BCUT2D eigenvalue weighted by atomic mass is 79.9. The number of carbonyl (C=O) groups is 1. The zero-order valence-corrected chi connectivity index (χ0v) is 14.5. The van der Waals surface area contributed by atoms with Crippen molar-refractivity contribution in [2.24, 2.45) is 0 Å². The lowest BCUT2D eigenvalue weighted by atomic mass is 10.1. The van der Waals surface area contributed by atoms with Crippen molar-refractivity contribution in [2.75, 3.05) is 13.7 Å². The molecule has 1 fully saturated rings. The van der Waals surface area contributed by atoms with Crippen molar-refractivity contribution in [2.45, 2.75) is 36.4 Å². The number of halogens is 1. The zero-order chi connectivity index (χ0) is 14.9. The highest BCUT2D eigenvalue weighted by molar-refractivity contribution is 9.11. The number of methoxy groups -OCH3 is 1. The second kappa shape index (κ2) is 6.13. The van der Waals surface area contributed by atoms with Gasteiger partial charge in [-0.1, -0.05) is 0 Å². The molecule has 8 heteroatoms. The molecule has 0 radical (unpaired) electrons. The number of rotatable bonds is 3. The molecule has 1 atom stereocenters. The maximum absolute atomic E-state index is 12.7. The molecule has 1 aromatic rings. The number of carbonyl (C=O) groups excluding carboxylic acids is 1. The van der Waals surface area contributed by atoms with E-state index in [1.165, 1.54) is 22.8 Å². The van der Waals surface area contributed by atoms with Crippen LogP contribution in [0.4, 0.5) is 0 Å². The summed E-state index contributed by atoms with van der Waals surface area (Å²) < 4.78 is 32.4. The topological polar surface area (TPSA) is 63.7 Å². The molecule has 0 aliphatic carbocycles. The minimum Gasteiger partial charge on any atom is -0.468 e. The van der Waals surface area contributed by atoms with E-state index in [9.17, 15) is 13.2 Å². The Bertz CT molecular complexity index is 591. The first kappa shape index (κ1) is 15.9. The molecule has 2 heterocycles. The summed E-state index contributed by atoms with van der Waals surface area (Å²) in [5.74, 6) is -0.486. The van der Waals surface area contributed by atoms with Gasteiger partial charge in [-0.3, -0.25) is 4.79 Å². The number of aryl methyl sites for hydroxylation is 1. The van der Waals surface area contributed by atoms with E-state index in [1.807, 2.05) is 6.92 Å². The summed E-state index contributed by atoms with van der Waals surface area (Å²) in [6.07, 6.45) is 2.11. The molecule has 1 aliphatic heterocycles. The van der Waals surface area contributed by atoms with Gasteiger partial charge in [0.05, 0.1) is 10.9 Å². The predicted molar refractivity (Wildman–Crippen MR) is 80.3 cm³/mol. The SMILES string of the molecule is COC(=O)C1CCCCN1S(=O)(=O)c1cc(C)c(Br)s1. The van der Waals surface area contributed by atoms with E-state index in [-0.39, 0.29) is 4.21 Å². The third kappa shape index (κ3) is 2.93. The lowest BCUT2D eigenvalue weighted by molar-refractivity contribution is -0.146. The Labute approximate surface area is 131 Å². The fourth-order valence-corrected chi connectivity index (χ4v) is 6.24. The van der Waals surface area contributed by atoms with Crippen molar-refractivity contribution in [1.82, 2.24) is 4.31 Å². The Morgan fingerprint density at radius 2 is 2.20 bits per heavy atom. The first-order valence-electron chi connectivity index (χ1n) is 6.23. The zero-order valence-electron chi connectivity index (χ0n) is 11.3. The van der Waals surface area contributed by atoms with Gasteiger partial charge in [-0.05, 0) is 53.7 Å². The van der Waals surface area contributed by atoms with E-state index in [2.05, 4.69) is 15.9 Å². The van der Waals surface area contributed by atoms with Crippen LogP contribution in [0.5, 0.6) is 0 Å². The standard InChI is InChI=1S/C12H16BrNO4S2/c1-8-7-10(19-11(8)13)20(16,17)14-6-4-3-5-9(14)12(15)18-2/h7,9H,3-6H2,1-2H3. The van der Waals surface area contributed by atoms with Crippen LogP contribution in [0.25, 0.3) is 0 Å². The van der Waals surface area contributed by atoms with Gasteiger partial charge in [0, 0.05) is 6.54 Å². The van der Waals surface area contributed by atoms with Gasteiger partial charge in [-0.2, -0.15) is 4.31 Å². The number of esters is 1. The van der Waals surface area contributed by atoms with Crippen LogP contribution in [0.2, 0.25) is 0 Å². The number of ether oxygens (including phenoxy) is 1. The molecule has 1 aromatic heterocycles. The molecule has 1 unspecified atom stereocenters. The minimum absolute atomic E-state index is 0.262. The average Bonchev–Trinajstić information content (AvgIpc) is 2.78. The monoisotopic (exact) mass is 381 g/mol. The van der Waals surface area contributed by atoms with Crippen LogP contribution in [-0.2, 0) is 19.6 Å². The number of hydrogen-bond donors (Lipinski definition) is 0. The van der Waals surface area contributed by atoms with Gasteiger partial charge >= 0.3 is 5.97 Å². The average molecular weight is 382 g/mol. The number of sulfonamides is 1. The van der Waals surface area contributed by atoms with Crippen molar-refractivity contribution in [3.8, 4) is 0 Å². The summed E-state index contributed by atoms with van der Waals surface area (Å²) >= 11 is 4.51. The molecule has 112 valence electrons. The molecule has 20 heavy (non-hydrogen) atoms. The molecule has 0 spiro atoms. The third-order valence-electron chi connectivity index (χ3n) is 3.32. The fourth-order valence-electron chi connectivity index (χ4n) is 2.24. The summed E-state index contributed by atoms with van der Waals surface area (Å²) in [6.45, 7) is 2.20. The van der Waals surface area contributed by atoms with E-state index >= 15 is 0 Å². The summed E-state index contributed by atoms with van der Waals surface area (Å²) in [7, 11) is -2.36. The highest BCUT2D eigenvalue weighted by Crippen LogP contribution is 2.34. The lowest BCUT2D eigenvalue weighted by Gasteiger charge is -2.32. The number of piperidine rings is 1. The van der Waals surface area contributed by atoms with Crippen LogP contribution in [0.15, 0.2) is 14.1 Å². The number of hydrogen-bond acceptors (Lipinski definition) is 5. The predicted octanol–water partition coefficient (Wildman–Crippen LogP) is 2.54. The lowest BCUT2D eigenvalue weighted by Crippen LogP contribution is -2.48. The Kier molecular flexibility index (Phi) is 4.88. The Morgan fingerprint density at radius 3 is 2.75 bits per heavy atom. The van der Waals surface area contributed by atoms with Crippen LogP contribution >= 0.6 is 27.3 Å². The van der Waals surface area contributed by atoms with E-state index in [0.29, 0.717) is 13.0 Å². The Morgan fingerprint density at radius 1 is 1.50 bits per heavy atom. The Hall–Kier alpha value is -0.440. The van der Waals surface area contributed by atoms with Gasteiger partial charge in [0.15, 0.2) is 0 Å². The molecule has 0 bridgehead atoms. The molecule has 0 aromatic carbocycles. The quantitative estimate of drug-likeness (QED) is 0.754. The Balaban J connectivity index is 2.37. The summed E-state index contributed by atoms with van der Waals surface area (Å²) in [4.78, 5) is 11.8. The number of nitrogens with zero attached hydrogens (tertiary/aromatic N) is 1. The van der Waals surface area contributed by atoms with E-state index in [1.54, 1.807) is 6.07 Å². The van der Waals surface area contributed by atoms with Crippen molar-refractivity contribution < 1.29 is 17.9 Å². The molecule has 5 nitrogen and oxygen atoms in total. The van der Waals surface area contributed by atoms with Gasteiger partial charge < -0.3 is 4.74 Å². The van der Waals surface area contributed by atoms with Crippen molar-refractivity contribution >= 4 is 43.3 Å². The maximum atomic E-state index is 12.7.